The van der Waals surface area contributed by atoms with Crippen molar-refractivity contribution in [3.05, 3.63) is 11.7 Å². The first-order valence-electron chi connectivity index (χ1n) is 8.05. The molecule has 0 aromatic carbocycles. The van der Waals surface area contributed by atoms with E-state index < -0.39 is 0 Å². The van der Waals surface area contributed by atoms with Crippen molar-refractivity contribution < 1.29 is 4.52 Å². The quantitative estimate of drug-likeness (QED) is 0.536. The van der Waals surface area contributed by atoms with Crippen LogP contribution < -0.4 is 0 Å². The highest BCUT2D eigenvalue weighted by atomic mass is 16.5. The van der Waals surface area contributed by atoms with Gasteiger partial charge in [-0.05, 0) is 18.0 Å². The Hall–Kier alpha value is -1.37. The molecule has 112 valence electrons. The Morgan fingerprint density at radius 3 is 2.05 bits per heavy atom. The summed E-state index contributed by atoms with van der Waals surface area (Å²) in [5.41, 5.74) is 0. The molecule has 0 aliphatic carbocycles. The number of unbranched alkanes of at least 4 members (excludes halogenated alkanes) is 6. The Kier molecular flexibility index (Phi) is 8.69. The number of aromatic nitrogens is 2. The molecule has 1 aromatic heterocycles. The summed E-state index contributed by atoms with van der Waals surface area (Å²) in [6.45, 7) is 4.44. The lowest BCUT2D eigenvalue weighted by molar-refractivity contribution is 0.329. The Morgan fingerprint density at radius 2 is 1.60 bits per heavy atom. The molecule has 0 bridgehead atoms. The molecule has 1 aromatic rings. The molecule has 0 aliphatic heterocycles. The highest BCUT2D eigenvalue weighted by molar-refractivity contribution is 5.08. The van der Waals surface area contributed by atoms with Gasteiger partial charge in [0.05, 0.1) is 0 Å². The Morgan fingerprint density at radius 1 is 1.00 bits per heavy atom. The Labute approximate surface area is 122 Å². The van der Waals surface area contributed by atoms with Crippen LogP contribution in [-0.2, 0) is 0 Å². The minimum absolute atomic E-state index is 0.159. The molecule has 4 nitrogen and oxygen atoms in total. The largest absolute Gasteiger partial charge is 0.338 e. The van der Waals surface area contributed by atoms with Gasteiger partial charge in [0.15, 0.2) is 0 Å². The third kappa shape index (κ3) is 6.18. The predicted octanol–water partition coefficient (Wildman–Crippen LogP) is 4.97. The molecule has 0 amide bonds. The summed E-state index contributed by atoms with van der Waals surface area (Å²) in [5, 5.41) is 12.5. The third-order valence-electron chi connectivity index (χ3n) is 3.70. The first-order valence-corrected chi connectivity index (χ1v) is 8.05. The molecule has 0 spiro atoms. The van der Waals surface area contributed by atoms with E-state index in [1.165, 1.54) is 51.4 Å². The molecule has 0 aliphatic rings. The van der Waals surface area contributed by atoms with E-state index in [2.05, 4.69) is 24.0 Å². The van der Waals surface area contributed by atoms with Gasteiger partial charge >= 0.3 is 0 Å². The third-order valence-corrected chi connectivity index (χ3v) is 3.70. The van der Waals surface area contributed by atoms with Crippen molar-refractivity contribution >= 4 is 0 Å². The van der Waals surface area contributed by atoms with Crippen molar-refractivity contribution in [3.63, 3.8) is 0 Å². The average Bonchev–Trinajstić information content (AvgIpc) is 2.94. The average molecular weight is 277 g/mol. The van der Waals surface area contributed by atoms with E-state index in [4.69, 9.17) is 9.78 Å². The van der Waals surface area contributed by atoms with Gasteiger partial charge in [-0.3, -0.25) is 0 Å². The summed E-state index contributed by atoms with van der Waals surface area (Å²) in [6.07, 6.45) is 12.2. The molecule has 0 saturated carbocycles. The zero-order chi connectivity index (χ0) is 14.6. The minimum atomic E-state index is 0.159. The molecule has 1 heterocycles. The standard InChI is InChI=1S/C16H27N3O/c1-3-5-7-9-11-14(12-10-8-6-4-2)16-18-15(13-17)19-20-16/h14H,3-12H2,1-2H3. The van der Waals surface area contributed by atoms with Crippen molar-refractivity contribution in [2.45, 2.75) is 84.0 Å². The van der Waals surface area contributed by atoms with Gasteiger partial charge in [-0.1, -0.05) is 65.2 Å². The molecule has 0 fully saturated rings. The fraction of sp³-hybridized carbons (Fsp3) is 0.812. The molecule has 0 radical (unpaired) electrons. The van der Waals surface area contributed by atoms with E-state index in [1.807, 2.05) is 6.07 Å². The summed E-state index contributed by atoms with van der Waals surface area (Å²) in [6, 6.07) is 1.94. The Balaban J connectivity index is 2.47. The van der Waals surface area contributed by atoms with Crippen LogP contribution in [0.3, 0.4) is 0 Å². The zero-order valence-electron chi connectivity index (χ0n) is 12.9. The van der Waals surface area contributed by atoms with Crippen LogP contribution in [-0.4, -0.2) is 10.1 Å². The molecule has 0 N–H and O–H groups in total. The van der Waals surface area contributed by atoms with E-state index in [1.54, 1.807) is 0 Å². The first-order chi connectivity index (χ1) is 9.81. The van der Waals surface area contributed by atoms with Gasteiger partial charge in [-0.25, -0.2) is 0 Å². The van der Waals surface area contributed by atoms with Crippen molar-refractivity contribution in [1.29, 1.82) is 5.26 Å². The van der Waals surface area contributed by atoms with Crippen molar-refractivity contribution in [2.24, 2.45) is 0 Å². The molecule has 1 rings (SSSR count). The molecular formula is C16H27N3O. The van der Waals surface area contributed by atoms with Gasteiger partial charge in [0.1, 0.15) is 6.07 Å². The van der Waals surface area contributed by atoms with Gasteiger partial charge in [0, 0.05) is 5.92 Å². The molecule has 0 unspecified atom stereocenters. The summed E-state index contributed by atoms with van der Waals surface area (Å²) in [4.78, 5) is 4.19. The second kappa shape index (κ2) is 10.4. The van der Waals surface area contributed by atoms with Crippen LogP contribution in [0.5, 0.6) is 0 Å². The van der Waals surface area contributed by atoms with Gasteiger partial charge in [-0.15, -0.1) is 0 Å². The number of rotatable bonds is 11. The molecule has 0 saturated heterocycles. The zero-order valence-corrected chi connectivity index (χ0v) is 12.9. The van der Waals surface area contributed by atoms with E-state index in [0.29, 0.717) is 11.8 Å². The summed E-state index contributed by atoms with van der Waals surface area (Å²) in [7, 11) is 0. The first kappa shape index (κ1) is 16.7. The second-order valence-electron chi connectivity index (χ2n) is 5.46. The molecule has 0 atom stereocenters. The number of hydrogen-bond donors (Lipinski definition) is 0. The van der Waals surface area contributed by atoms with Crippen LogP contribution in [0.4, 0.5) is 0 Å². The van der Waals surface area contributed by atoms with Crippen molar-refractivity contribution in [2.75, 3.05) is 0 Å². The van der Waals surface area contributed by atoms with Crippen molar-refractivity contribution in [3.8, 4) is 6.07 Å². The van der Waals surface area contributed by atoms with Crippen LogP contribution in [0.1, 0.15) is 95.7 Å². The second-order valence-corrected chi connectivity index (χ2v) is 5.46. The number of nitrogens with zero attached hydrogens (tertiary/aromatic N) is 3. The fourth-order valence-corrected chi connectivity index (χ4v) is 2.47. The van der Waals surface area contributed by atoms with E-state index in [-0.39, 0.29) is 5.82 Å². The van der Waals surface area contributed by atoms with E-state index in [0.717, 1.165) is 12.8 Å². The van der Waals surface area contributed by atoms with Gasteiger partial charge in [0.2, 0.25) is 5.89 Å². The topological polar surface area (TPSA) is 62.7 Å². The summed E-state index contributed by atoms with van der Waals surface area (Å²) in [5.74, 6) is 1.15. The SMILES string of the molecule is CCCCCCC(CCCCCC)c1nc(C#N)no1. The molecular weight excluding hydrogens is 250 g/mol. The van der Waals surface area contributed by atoms with Crippen LogP contribution in [0.2, 0.25) is 0 Å². The number of hydrogen-bond acceptors (Lipinski definition) is 4. The monoisotopic (exact) mass is 277 g/mol. The lowest BCUT2D eigenvalue weighted by Crippen LogP contribution is -2.00. The summed E-state index contributed by atoms with van der Waals surface area (Å²) >= 11 is 0. The summed E-state index contributed by atoms with van der Waals surface area (Å²) < 4.78 is 5.25. The van der Waals surface area contributed by atoms with Gasteiger partial charge < -0.3 is 4.52 Å². The molecule has 20 heavy (non-hydrogen) atoms. The smallest absolute Gasteiger partial charge is 0.273 e. The maximum absolute atomic E-state index is 8.79. The highest BCUT2D eigenvalue weighted by Gasteiger charge is 2.18. The fourth-order valence-electron chi connectivity index (χ4n) is 2.47. The lowest BCUT2D eigenvalue weighted by Gasteiger charge is -2.12. The van der Waals surface area contributed by atoms with E-state index >= 15 is 0 Å². The van der Waals surface area contributed by atoms with Crippen LogP contribution in [0.15, 0.2) is 4.52 Å². The molecule has 4 heteroatoms. The van der Waals surface area contributed by atoms with Crippen molar-refractivity contribution in [1.82, 2.24) is 10.1 Å². The number of nitriles is 1. The van der Waals surface area contributed by atoms with Crippen LogP contribution >= 0.6 is 0 Å². The predicted molar refractivity (Wildman–Crippen MR) is 79.3 cm³/mol. The maximum Gasteiger partial charge on any atom is 0.273 e. The normalized spacial score (nSPS) is 10.9. The minimum Gasteiger partial charge on any atom is -0.338 e. The van der Waals surface area contributed by atoms with E-state index in [9.17, 15) is 0 Å². The van der Waals surface area contributed by atoms with Crippen LogP contribution in [0, 0.1) is 11.3 Å². The highest BCUT2D eigenvalue weighted by Crippen LogP contribution is 2.27. The van der Waals surface area contributed by atoms with Gasteiger partial charge in [0.25, 0.3) is 5.82 Å². The lowest BCUT2D eigenvalue weighted by atomic mass is 9.94. The Bertz CT molecular complexity index is 383. The van der Waals surface area contributed by atoms with Crippen LogP contribution in [0.25, 0.3) is 0 Å². The maximum atomic E-state index is 8.79. The van der Waals surface area contributed by atoms with Gasteiger partial charge in [-0.2, -0.15) is 10.2 Å².